The molecule has 0 bridgehead atoms. The molecular weight excluding hydrogens is 316 g/mol. The molecule has 1 atom stereocenters. The Bertz CT molecular complexity index is 685. The highest BCUT2D eigenvalue weighted by Crippen LogP contribution is 2.32. The van der Waals surface area contributed by atoms with Gasteiger partial charge in [-0.2, -0.15) is 5.10 Å². The van der Waals surface area contributed by atoms with Crippen LogP contribution in [0.3, 0.4) is 0 Å². The summed E-state index contributed by atoms with van der Waals surface area (Å²) in [5.74, 6) is 0.856. The molecule has 3 rings (SSSR count). The zero-order valence-electron chi connectivity index (χ0n) is 15.5. The van der Waals surface area contributed by atoms with Crippen LogP contribution < -0.4 is 15.0 Å². The van der Waals surface area contributed by atoms with Crippen molar-refractivity contribution >= 4 is 11.4 Å². The Hall–Kier alpha value is -2.21. The van der Waals surface area contributed by atoms with Crippen LogP contribution in [0.25, 0.3) is 0 Å². The molecule has 1 aliphatic rings. The molecule has 25 heavy (non-hydrogen) atoms. The monoisotopic (exact) mass is 344 g/mol. The Morgan fingerprint density at radius 1 is 1.40 bits per heavy atom. The van der Waals surface area contributed by atoms with E-state index in [1.54, 1.807) is 13.3 Å². The average molecular weight is 344 g/mol. The molecule has 1 saturated heterocycles. The van der Waals surface area contributed by atoms with Crippen molar-refractivity contribution in [3.05, 3.63) is 36.7 Å². The van der Waals surface area contributed by atoms with Gasteiger partial charge < -0.3 is 19.7 Å². The molecule has 0 amide bonds. The summed E-state index contributed by atoms with van der Waals surface area (Å²) in [6, 6.07) is 8.52. The van der Waals surface area contributed by atoms with Crippen molar-refractivity contribution in [1.82, 2.24) is 9.78 Å². The van der Waals surface area contributed by atoms with Gasteiger partial charge in [0.15, 0.2) is 0 Å². The van der Waals surface area contributed by atoms with Gasteiger partial charge >= 0.3 is 0 Å². The summed E-state index contributed by atoms with van der Waals surface area (Å²) in [6.45, 7) is 9.71. The zero-order valence-corrected chi connectivity index (χ0v) is 15.5. The van der Waals surface area contributed by atoms with Crippen molar-refractivity contribution in [2.75, 3.05) is 37.0 Å². The fourth-order valence-electron chi connectivity index (χ4n) is 3.23. The minimum atomic E-state index is -0.124. The summed E-state index contributed by atoms with van der Waals surface area (Å²) >= 11 is 0. The van der Waals surface area contributed by atoms with Gasteiger partial charge in [-0.1, -0.05) is 0 Å². The molecule has 1 aromatic carbocycles. The van der Waals surface area contributed by atoms with E-state index >= 15 is 0 Å². The van der Waals surface area contributed by atoms with E-state index in [0.717, 1.165) is 37.7 Å². The first-order valence-electron chi connectivity index (χ1n) is 8.78. The van der Waals surface area contributed by atoms with Gasteiger partial charge in [0, 0.05) is 43.3 Å². The summed E-state index contributed by atoms with van der Waals surface area (Å²) < 4.78 is 13.4. The van der Waals surface area contributed by atoms with Crippen LogP contribution >= 0.6 is 0 Å². The maximum absolute atomic E-state index is 5.81. The first kappa shape index (κ1) is 17.6. The summed E-state index contributed by atoms with van der Waals surface area (Å²) in [5, 5.41) is 7.77. The molecule has 0 unspecified atom stereocenters. The maximum atomic E-state index is 5.81. The lowest BCUT2D eigenvalue weighted by atomic mass is 10.1. The van der Waals surface area contributed by atoms with Crippen molar-refractivity contribution in [1.29, 1.82) is 0 Å². The van der Waals surface area contributed by atoms with Crippen LogP contribution in [0.5, 0.6) is 5.75 Å². The highest BCUT2D eigenvalue weighted by molar-refractivity contribution is 5.65. The van der Waals surface area contributed by atoms with Crippen LogP contribution in [0, 0.1) is 0 Å². The second kappa shape index (κ2) is 7.35. The predicted molar refractivity (Wildman–Crippen MR) is 101 cm³/mol. The van der Waals surface area contributed by atoms with Gasteiger partial charge in [-0.25, -0.2) is 0 Å². The number of nitrogens with zero attached hydrogens (tertiary/aromatic N) is 3. The second-order valence-corrected chi connectivity index (χ2v) is 7.19. The predicted octanol–water partition coefficient (Wildman–Crippen LogP) is 3.01. The first-order valence-corrected chi connectivity index (χ1v) is 8.78. The molecule has 1 aromatic heterocycles. The number of hydrogen-bond donors (Lipinski definition) is 1. The third kappa shape index (κ3) is 4.45. The Morgan fingerprint density at radius 3 is 2.92 bits per heavy atom. The van der Waals surface area contributed by atoms with Crippen LogP contribution in [0.4, 0.5) is 11.4 Å². The molecule has 6 heteroatoms. The number of methoxy groups -OCH3 is 1. The summed E-state index contributed by atoms with van der Waals surface area (Å²) in [6.07, 6.45) is 3.77. The van der Waals surface area contributed by atoms with E-state index in [0.29, 0.717) is 0 Å². The van der Waals surface area contributed by atoms with Crippen LogP contribution in [0.15, 0.2) is 36.7 Å². The largest absolute Gasteiger partial charge is 0.495 e. The van der Waals surface area contributed by atoms with Crippen LogP contribution in [0.2, 0.25) is 0 Å². The number of aromatic nitrogens is 2. The average Bonchev–Trinajstić information content (AvgIpc) is 3.07. The maximum Gasteiger partial charge on any atom is 0.144 e. The van der Waals surface area contributed by atoms with Gasteiger partial charge in [0.05, 0.1) is 31.5 Å². The number of ether oxygens (including phenoxy) is 2. The Labute approximate surface area is 149 Å². The summed E-state index contributed by atoms with van der Waals surface area (Å²) in [5.41, 5.74) is 2.04. The Kier molecular flexibility index (Phi) is 5.18. The lowest BCUT2D eigenvalue weighted by Gasteiger charge is -2.39. The smallest absolute Gasteiger partial charge is 0.144 e. The van der Waals surface area contributed by atoms with Crippen LogP contribution in [-0.2, 0) is 11.3 Å². The number of anilines is 2. The molecule has 1 aliphatic heterocycles. The number of rotatable bonds is 6. The van der Waals surface area contributed by atoms with Crippen molar-refractivity contribution in [2.45, 2.75) is 39.0 Å². The summed E-state index contributed by atoms with van der Waals surface area (Å²) in [4.78, 5) is 2.35. The molecule has 0 saturated carbocycles. The number of hydrogen-bond acceptors (Lipinski definition) is 5. The molecule has 136 valence electrons. The van der Waals surface area contributed by atoms with E-state index < -0.39 is 0 Å². The lowest BCUT2D eigenvalue weighted by Crippen LogP contribution is -2.48. The fraction of sp³-hybridized carbons (Fsp3) is 0.526. The van der Waals surface area contributed by atoms with Gasteiger partial charge in [-0.05, 0) is 39.0 Å². The van der Waals surface area contributed by atoms with Gasteiger partial charge in [-0.3, -0.25) is 4.68 Å². The molecular formula is C19H28N4O2. The fourth-order valence-corrected chi connectivity index (χ4v) is 3.23. The molecule has 1 fully saturated rings. The minimum Gasteiger partial charge on any atom is -0.495 e. The molecule has 0 radical (unpaired) electrons. The van der Waals surface area contributed by atoms with Crippen molar-refractivity contribution in [2.24, 2.45) is 0 Å². The molecule has 0 aliphatic carbocycles. The normalized spacial score (nSPS) is 18.0. The summed E-state index contributed by atoms with van der Waals surface area (Å²) in [7, 11) is 1.71. The third-order valence-electron chi connectivity index (χ3n) is 4.40. The molecule has 2 aromatic rings. The number of nitrogens with one attached hydrogen (secondary N) is 1. The quantitative estimate of drug-likeness (QED) is 0.873. The number of morpholine rings is 1. The van der Waals surface area contributed by atoms with Crippen molar-refractivity contribution < 1.29 is 9.47 Å². The second-order valence-electron chi connectivity index (χ2n) is 7.19. The van der Waals surface area contributed by atoms with Gasteiger partial charge in [0.25, 0.3) is 0 Å². The first-order chi connectivity index (χ1) is 12.0. The van der Waals surface area contributed by atoms with E-state index in [-0.39, 0.29) is 11.6 Å². The van der Waals surface area contributed by atoms with Crippen LogP contribution in [0.1, 0.15) is 20.8 Å². The molecule has 0 spiro atoms. The van der Waals surface area contributed by atoms with Gasteiger partial charge in [0.2, 0.25) is 0 Å². The van der Waals surface area contributed by atoms with Gasteiger partial charge in [-0.15, -0.1) is 0 Å². The van der Waals surface area contributed by atoms with E-state index in [1.165, 1.54) is 5.69 Å². The van der Waals surface area contributed by atoms with E-state index in [9.17, 15) is 0 Å². The molecule has 1 N–H and O–H groups in total. The SMILES string of the molecule is COc1cc(N2CCOC(C)(C)C2)ccc1N[C@H](C)Cn1cccn1. The highest BCUT2D eigenvalue weighted by atomic mass is 16.5. The third-order valence-corrected chi connectivity index (χ3v) is 4.40. The molecule has 6 nitrogen and oxygen atoms in total. The Balaban J connectivity index is 1.71. The molecule has 2 heterocycles. The minimum absolute atomic E-state index is 0.124. The van der Waals surface area contributed by atoms with Gasteiger partial charge in [0.1, 0.15) is 5.75 Å². The highest BCUT2D eigenvalue weighted by Gasteiger charge is 2.27. The standard InChI is InChI=1S/C19H28N4O2/c1-15(13-23-9-5-8-20-23)21-17-7-6-16(12-18(17)24-4)22-10-11-25-19(2,3)14-22/h5-9,12,15,21H,10-11,13-14H2,1-4H3/t15-/m1/s1. The van der Waals surface area contributed by atoms with Crippen molar-refractivity contribution in [3.8, 4) is 5.75 Å². The number of benzene rings is 1. The lowest BCUT2D eigenvalue weighted by molar-refractivity contribution is -0.0277. The zero-order chi connectivity index (χ0) is 17.9. The Morgan fingerprint density at radius 2 is 2.24 bits per heavy atom. The van der Waals surface area contributed by atoms with E-state index in [1.807, 2.05) is 16.9 Å². The van der Waals surface area contributed by atoms with E-state index in [2.05, 4.69) is 54.3 Å². The van der Waals surface area contributed by atoms with E-state index in [4.69, 9.17) is 9.47 Å². The van der Waals surface area contributed by atoms with Crippen LogP contribution in [-0.4, -0.2) is 48.2 Å². The van der Waals surface area contributed by atoms with Crippen molar-refractivity contribution in [3.63, 3.8) is 0 Å². The topological polar surface area (TPSA) is 51.6 Å².